The molecule has 0 fully saturated rings. The third kappa shape index (κ3) is 5.36. The van der Waals surface area contributed by atoms with E-state index in [4.69, 9.17) is 9.11 Å². The van der Waals surface area contributed by atoms with Crippen molar-refractivity contribution in [1.82, 2.24) is 0 Å². The molecule has 0 aliphatic carbocycles. The van der Waals surface area contributed by atoms with Gasteiger partial charge in [-0.1, -0.05) is 6.07 Å². The summed E-state index contributed by atoms with van der Waals surface area (Å²) in [6, 6.07) is 5.80. The van der Waals surface area contributed by atoms with Crippen molar-refractivity contribution in [2.45, 2.75) is 16.2 Å². The molecule has 0 aliphatic heterocycles. The van der Waals surface area contributed by atoms with E-state index in [0.29, 0.717) is 11.8 Å². The molecule has 0 amide bonds. The Labute approximate surface area is 150 Å². The fourth-order valence-corrected chi connectivity index (χ4v) is 4.13. The molecule has 0 heterocycles. The number of hydrogen-bond acceptors (Lipinski definition) is 7. The summed E-state index contributed by atoms with van der Waals surface area (Å²) < 4.78 is 94.1. The molecule has 0 saturated carbocycles. The Morgan fingerprint density at radius 2 is 1.50 bits per heavy atom. The number of rotatable bonds is 7. The zero-order valence-corrected chi connectivity index (χ0v) is 15.5. The van der Waals surface area contributed by atoms with Crippen LogP contribution >= 0.6 is 0 Å². The van der Waals surface area contributed by atoms with Crippen LogP contribution < -0.4 is 5.32 Å². The minimum Gasteiger partial charge on any atom is -0.385 e. The predicted octanol–water partition coefficient (Wildman–Crippen LogP) is 1.02. The van der Waals surface area contributed by atoms with Gasteiger partial charge in [-0.3, -0.25) is 13.7 Å². The molecule has 13 heteroatoms. The number of fused-ring (bicyclic) bond motifs is 1. The summed E-state index contributed by atoms with van der Waals surface area (Å²) in [7, 11) is -13.6. The normalized spacial score (nSPS) is 13.0. The van der Waals surface area contributed by atoms with E-state index >= 15 is 0 Å². The van der Waals surface area contributed by atoms with Crippen LogP contribution in [0.2, 0.25) is 0 Å². The minimum absolute atomic E-state index is 0.0309. The standard InChI is InChI=1S/C13H15NO9S3/c15-24(16,17)5-1-4-14-10-2-3-12-9(6-10)7-11(25(18,19)20)8-13(12)26(21,22)23/h2-3,6-8,14H,1,4-5H2,(H,15,16,17)(H,18,19,20)(H,21,22,23). The van der Waals surface area contributed by atoms with Crippen molar-refractivity contribution in [2.24, 2.45) is 0 Å². The van der Waals surface area contributed by atoms with Gasteiger partial charge in [-0.2, -0.15) is 25.3 Å². The quantitative estimate of drug-likeness (QED) is 0.370. The molecule has 2 aromatic rings. The molecule has 0 atom stereocenters. The lowest BCUT2D eigenvalue weighted by molar-refractivity contribution is 0.478. The molecule has 26 heavy (non-hydrogen) atoms. The molecule has 0 radical (unpaired) electrons. The number of nitrogens with one attached hydrogen (secondary N) is 1. The summed E-state index contributed by atoms with van der Waals surface area (Å²) in [6.07, 6.45) is 0.0954. The van der Waals surface area contributed by atoms with E-state index in [-0.39, 0.29) is 23.7 Å². The molecule has 144 valence electrons. The Morgan fingerprint density at radius 3 is 2.04 bits per heavy atom. The van der Waals surface area contributed by atoms with Gasteiger partial charge in [0, 0.05) is 17.6 Å². The van der Waals surface area contributed by atoms with E-state index < -0.39 is 45.9 Å². The summed E-state index contributed by atoms with van der Waals surface area (Å²) >= 11 is 0. The van der Waals surface area contributed by atoms with Gasteiger partial charge >= 0.3 is 0 Å². The summed E-state index contributed by atoms with van der Waals surface area (Å²) in [5, 5.41) is 2.96. The zero-order chi connectivity index (χ0) is 19.8. The first-order valence-electron chi connectivity index (χ1n) is 6.99. The molecule has 0 aromatic heterocycles. The Hall–Kier alpha value is -1.77. The first-order chi connectivity index (χ1) is 11.8. The molecule has 4 N–H and O–H groups in total. The number of hydrogen-bond donors (Lipinski definition) is 4. The van der Waals surface area contributed by atoms with Gasteiger partial charge in [0.15, 0.2) is 0 Å². The lowest BCUT2D eigenvalue weighted by Crippen LogP contribution is -2.10. The van der Waals surface area contributed by atoms with Crippen molar-refractivity contribution >= 4 is 46.8 Å². The molecule has 10 nitrogen and oxygen atoms in total. The van der Waals surface area contributed by atoms with Crippen LogP contribution in [0.25, 0.3) is 10.8 Å². The van der Waals surface area contributed by atoms with Gasteiger partial charge in [0.1, 0.15) is 4.90 Å². The average molecular weight is 425 g/mol. The first-order valence-corrected chi connectivity index (χ1v) is 11.5. The number of benzene rings is 2. The summed E-state index contributed by atoms with van der Waals surface area (Å²) in [4.78, 5) is -1.39. The second-order valence-electron chi connectivity index (χ2n) is 5.37. The van der Waals surface area contributed by atoms with Crippen LogP contribution in [0.3, 0.4) is 0 Å². The third-order valence-electron chi connectivity index (χ3n) is 3.37. The van der Waals surface area contributed by atoms with Crippen molar-refractivity contribution in [3.8, 4) is 0 Å². The van der Waals surface area contributed by atoms with Gasteiger partial charge in [0.2, 0.25) is 0 Å². The zero-order valence-electron chi connectivity index (χ0n) is 13.0. The molecule has 0 saturated heterocycles. The Balaban J connectivity index is 2.44. The second kappa shape index (κ2) is 7.09. The SMILES string of the molecule is O=S(=O)(O)CCCNc1ccc2c(S(=O)(=O)O)cc(S(=O)(=O)O)cc2c1. The van der Waals surface area contributed by atoms with Crippen molar-refractivity contribution < 1.29 is 38.9 Å². The highest BCUT2D eigenvalue weighted by Crippen LogP contribution is 2.29. The van der Waals surface area contributed by atoms with Crippen LogP contribution in [0.1, 0.15) is 6.42 Å². The minimum atomic E-state index is -4.75. The predicted molar refractivity (Wildman–Crippen MR) is 93.1 cm³/mol. The lowest BCUT2D eigenvalue weighted by Gasteiger charge is -2.10. The van der Waals surface area contributed by atoms with Gasteiger partial charge in [0.05, 0.1) is 10.6 Å². The van der Waals surface area contributed by atoms with Gasteiger partial charge in [-0.15, -0.1) is 0 Å². The Bertz CT molecular complexity index is 1150. The van der Waals surface area contributed by atoms with Crippen molar-refractivity contribution in [3.63, 3.8) is 0 Å². The topological polar surface area (TPSA) is 175 Å². The molecule has 0 spiro atoms. The van der Waals surface area contributed by atoms with Gasteiger partial charge in [-0.25, -0.2) is 0 Å². The van der Waals surface area contributed by atoms with Crippen molar-refractivity contribution in [1.29, 1.82) is 0 Å². The van der Waals surface area contributed by atoms with Crippen molar-refractivity contribution in [3.05, 3.63) is 30.3 Å². The van der Waals surface area contributed by atoms with Crippen LogP contribution in [0.4, 0.5) is 5.69 Å². The molecule has 0 unspecified atom stereocenters. The highest BCUT2D eigenvalue weighted by atomic mass is 32.2. The van der Waals surface area contributed by atoms with Crippen molar-refractivity contribution in [2.75, 3.05) is 17.6 Å². The first kappa shape index (κ1) is 20.5. The Morgan fingerprint density at radius 1 is 0.846 bits per heavy atom. The monoisotopic (exact) mass is 425 g/mol. The number of anilines is 1. The van der Waals surface area contributed by atoms with Crippen LogP contribution in [-0.4, -0.2) is 51.2 Å². The Kier molecular flexibility index (Phi) is 5.60. The highest BCUT2D eigenvalue weighted by molar-refractivity contribution is 7.87. The lowest BCUT2D eigenvalue weighted by atomic mass is 10.1. The largest absolute Gasteiger partial charge is 0.385 e. The molecular weight excluding hydrogens is 410 g/mol. The second-order valence-corrected chi connectivity index (χ2v) is 9.76. The molecule has 2 rings (SSSR count). The fraction of sp³-hybridized carbons (Fsp3) is 0.231. The summed E-state index contributed by atoms with van der Waals surface area (Å²) in [5.74, 6) is -0.451. The van der Waals surface area contributed by atoms with Gasteiger partial charge in [-0.05, 0) is 36.1 Å². The fourth-order valence-electron chi connectivity index (χ4n) is 2.27. The van der Waals surface area contributed by atoms with Gasteiger partial charge in [0.25, 0.3) is 30.4 Å². The molecular formula is C13H15NO9S3. The molecule has 0 bridgehead atoms. The molecule has 2 aromatic carbocycles. The van der Waals surface area contributed by atoms with E-state index in [1.807, 2.05) is 0 Å². The molecule has 0 aliphatic rings. The maximum atomic E-state index is 11.5. The van der Waals surface area contributed by atoms with E-state index in [2.05, 4.69) is 5.32 Å². The van der Waals surface area contributed by atoms with E-state index in [0.717, 1.165) is 6.07 Å². The maximum Gasteiger partial charge on any atom is 0.295 e. The van der Waals surface area contributed by atoms with Crippen LogP contribution in [0.15, 0.2) is 40.1 Å². The van der Waals surface area contributed by atoms with E-state index in [1.165, 1.54) is 18.2 Å². The van der Waals surface area contributed by atoms with Crippen LogP contribution in [0, 0.1) is 0 Å². The third-order valence-corrected chi connectivity index (χ3v) is 5.90. The van der Waals surface area contributed by atoms with Crippen LogP contribution in [0.5, 0.6) is 0 Å². The maximum absolute atomic E-state index is 11.5. The van der Waals surface area contributed by atoms with Gasteiger partial charge < -0.3 is 5.32 Å². The average Bonchev–Trinajstić information content (AvgIpc) is 2.47. The smallest absolute Gasteiger partial charge is 0.295 e. The van der Waals surface area contributed by atoms with E-state index in [9.17, 15) is 29.8 Å². The summed E-state index contributed by atoms with van der Waals surface area (Å²) in [6.45, 7) is 0.161. The van der Waals surface area contributed by atoms with E-state index in [1.54, 1.807) is 0 Å². The summed E-state index contributed by atoms with van der Waals surface area (Å²) in [5.41, 5.74) is 0.404. The highest BCUT2D eigenvalue weighted by Gasteiger charge is 2.20. The van der Waals surface area contributed by atoms with Crippen LogP contribution in [-0.2, 0) is 30.4 Å².